The Labute approximate surface area is 140 Å². The van der Waals surface area contributed by atoms with Crippen LogP contribution in [0.3, 0.4) is 0 Å². The van der Waals surface area contributed by atoms with Gasteiger partial charge in [0.05, 0.1) is 11.4 Å². The monoisotopic (exact) mass is 334 g/mol. The normalized spacial score (nSPS) is 29.0. The molecule has 1 saturated heterocycles. The van der Waals surface area contributed by atoms with Crippen LogP contribution in [0.25, 0.3) is 0 Å². The summed E-state index contributed by atoms with van der Waals surface area (Å²) in [5, 5.41) is 0. The first kappa shape index (κ1) is 15.4. The minimum Gasteiger partial charge on any atom is -0.760 e. The van der Waals surface area contributed by atoms with Crippen molar-refractivity contribution in [2.45, 2.75) is 32.1 Å². The molecular formula is C17H24N3O2S-. The summed E-state index contributed by atoms with van der Waals surface area (Å²) in [4.78, 5) is 2.48. The summed E-state index contributed by atoms with van der Waals surface area (Å²) < 4.78 is 23.6. The predicted octanol–water partition coefficient (Wildman–Crippen LogP) is 1.82. The summed E-state index contributed by atoms with van der Waals surface area (Å²) in [5.74, 6) is 1.68. The van der Waals surface area contributed by atoms with Gasteiger partial charge in [-0.3, -0.25) is 4.21 Å². The summed E-state index contributed by atoms with van der Waals surface area (Å²) in [7, 11) is 0. The number of anilines is 2. The van der Waals surface area contributed by atoms with E-state index >= 15 is 0 Å². The molecule has 1 unspecified atom stereocenters. The maximum Gasteiger partial charge on any atom is 0.0602 e. The van der Waals surface area contributed by atoms with Crippen molar-refractivity contribution in [3.05, 3.63) is 23.8 Å². The van der Waals surface area contributed by atoms with E-state index in [0.717, 1.165) is 41.9 Å². The number of nitrogen functional groups attached to an aromatic ring is 1. The summed E-state index contributed by atoms with van der Waals surface area (Å²) in [6.07, 6.45) is 6.30. The van der Waals surface area contributed by atoms with Gasteiger partial charge in [0.1, 0.15) is 0 Å². The van der Waals surface area contributed by atoms with Gasteiger partial charge in [0.15, 0.2) is 0 Å². The van der Waals surface area contributed by atoms with Crippen molar-refractivity contribution in [3.63, 3.8) is 0 Å². The third kappa shape index (κ3) is 2.77. The van der Waals surface area contributed by atoms with Gasteiger partial charge in [0.25, 0.3) is 0 Å². The van der Waals surface area contributed by atoms with Gasteiger partial charge in [-0.2, -0.15) is 0 Å². The van der Waals surface area contributed by atoms with Crippen LogP contribution in [-0.4, -0.2) is 28.4 Å². The van der Waals surface area contributed by atoms with Gasteiger partial charge < -0.3 is 15.2 Å². The molecule has 23 heavy (non-hydrogen) atoms. The van der Waals surface area contributed by atoms with E-state index in [0.29, 0.717) is 18.4 Å². The molecule has 2 aliphatic carbocycles. The average Bonchev–Trinajstić information content (AvgIpc) is 3.25. The minimum absolute atomic E-state index is 0.424. The topological polar surface area (TPSA) is 81.4 Å². The first-order chi connectivity index (χ1) is 11.1. The van der Waals surface area contributed by atoms with Crippen molar-refractivity contribution in [3.8, 4) is 0 Å². The highest BCUT2D eigenvalue weighted by molar-refractivity contribution is 7.77. The molecular weight excluding hydrogens is 310 g/mol. The van der Waals surface area contributed by atoms with Crippen LogP contribution < -0.4 is 15.4 Å². The first-order valence-corrected chi connectivity index (χ1v) is 9.62. The molecule has 0 aromatic heterocycles. The number of hydrogen-bond acceptors (Lipinski definition) is 4. The van der Waals surface area contributed by atoms with E-state index in [1.807, 2.05) is 12.1 Å². The second-order valence-electron chi connectivity index (χ2n) is 7.38. The predicted molar refractivity (Wildman–Crippen MR) is 91.6 cm³/mol. The highest BCUT2D eigenvalue weighted by atomic mass is 32.2. The minimum atomic E-state index is -2.19. The molecule has 2 saturated carbocycles. The number of benzene rings is 1. The van der Waals surface area contributed by atoms with E-state index in [-0.39, 0.29) is 0 Å². The molecule has 4 rings (SSSR count). The lowest BCUT2D eigenvalue weighted by molar-refractivity contribution is 0.245. The Morgan fingerprint density at radius 1 is 1.30 bits per heavy atom. The van der Waals surface area contributed by atoms with Crippen molar-refractivity contribution in [1.82, 2.24) is 4.72 Å². The van der Waals surface area contributed by atoms with Crippen molar-refractivity contribution in [1.29, 1.82) is 0 Å². The summed E-state index contributed by atoms with van der Waals surface area (Å²) in [5.41, 5.74) is 10.0. The third-order valence-electron chi connectivity index (χ3n) is 6.27. The number of piperidine rings is 1. The maximum atomic E-state index is 10.6. The largest absolute Gasteiger partial charge is 0.760 e. The van der Waals surface area contributed by atoms with Gasteiger partial charge in [-0.05, 0) is 67.1 Å². The number of nitrogens with zero attached hydrogens (tertiary/aromatic N) is 1. The van der Waals surface area contributed by atoms with Crippen LogP contribution in [0, 0.1) is 17.3 Å². The van der Waals surface area contributed by atoms with Crippen LogP contribution in [0.1, 0.15) is 31.2 Å². The van der Waals surface area contributed by atoms with Gasteiger partial charge in [-0.1, -0.05) is 6.07 Å². The lowest BCUT2D eigenvalue weighted by Gasteiger charge is -2.40. The van der Waals surface area contributed by atoms with E-state index in [9.17, 15) is 8.76 Å². The van der Waals surface area contributed by atoms with E-state index in [2.05, 4.69) is 15.7 Å². The number of hydrogen-bond donors (Lipinski definition) is 2. The number of rotatable bonds is 5. The fourth-order valence-corrected chi connectivity index (χ4v) is 5.19. The van der Waals surface area contributed by atoms with E-state index in [1.54, 1.807) is 0 Å². The molecule has 1 heterocycles. The first-order valence-electron chi connectivity index (χ1n) is 8.54. The molecule has 0 radical (unpaired) electrons. The summed E-state index contributed by atoms with van der Waals surface area (Å²) in [6, 6.07) is 6.10. The smallest absolute Gasteiger partial charge is 0.0602 e. The molecule has 1 aliphatic heterocycles. The lowest BCUT2D eigenvalue weighted by Crippen LogP contribution is -2.43. The van der Waals surface area contributed by atoms with Crippen LogP contribution >= 0.6 is 0 Å². The van der Waals surface area contributed by atoms with Crippen molar-refractivity contribution < 1.29 is 8.76 Å². The van der Waals surface area contributed by atoms with E-state index < -0.39 is 11.3 Å². The van der Waals surface area contributed by atoms with Crippen molar-refractivity contribution in [2.24, 2.45) is 17.3 Å². The SMILES string of the molecule is Nc1ccc(CCNS(=O)[O-])cc1N1C[C@H]2CC[C@@H](C1)C21CC1. The standard InChI is InChI=1S/C17H25N3O2S/c18-15-4-1-12(5-8-19-23(21)22)9-16(15)20-10-13-2-3-14(11-20)17(13)6-7-17/h1,4,9,13-14,19H,2-3,5-8,10-11,18H2,(H,21,22)/p-1/t13-,14+. The molecule has 3 N–H and O–H groups in total. The van der Waals surface area contributed by atoms with Crippen LogP contribution in [0.4, 0.5) is 11.4 Å². The molecule has 5 nitrogen and oxygen atoms in total. The van der Waals surface area contributed by atoms with Crippen LogP contribution in [0.5, 0.6) is 0 Å². The second-order valence-corrected chi connectivity index (χ2v) is 8.14. The zero-order chi connectivity index (χ0) is 16.0. The Hall–Kier alpha value is -1.11. The number of nitrogens with one attached hydrogen (secondary N) is 1. The Kier molecular flexibility index (Phi) is 3.86. The molecule has 0 amide bonds. The Morgan fingerprint density at radius 2 is 2.00 bits per heavy atom. The van der Waals surface area contributed by atoms with Crippen LogP contribution in [-0.2, 0) is 17.7 Å². The zero-order valence-corrected chi connectivity index (χ0v) is 14.1. The Bertz CT molecular complexity index is 616. The molecule has 2 bridgehead atoms. The second kappa shape index (κ2) is 5.76. The van der Waals surface area contributed by atoms with Crippen LogP contribution in [0.2, 0.25) is 0 Å². The third-order valence-corrected chi connectivity index (χ3v) is 6.71. The fraction of sp³-hybridized carbons (Fsp3) is 0.647. The van der Waals surface area contributed by atoms with Gasteiger partial charge in [-0.15, -0.1) is 0 Å². The highest BCUT2D eigenvalue weighted by Gasteiger charge is 2.60. The zero-order valence-electron chi connectivity index (χ0n) is 13.3. The van der Waals surface area contributed by atoms with Gasteiger partial charge in [0.2, 0.25) is 0 Å². The van der Waals surface area contributed by atoms with Crippen molar-refractivity contribution in [2.75, 3.05) is 30.3 Å². The molecule has 6 heteroatoms. The van der Waals surface area contributed by atoms with Gasteiger partial charge in [0, 0.05) is 30.9 Å². The quantitative estimate of drug-likeness (QED) is 0.636. The molecule has 126 valence electrons. The van der Waals surface area contributed by atoms with E-state index in [1.165, 1.54) is 25.7 Å². The Morgan fingerprint density at radius 3 is 2.61 bits per heavy atom. The number of nitrogens with two attached hydrogens (primary N) is 1. The van der Waals surface area contributed by atoms with Gasteiger partial charge >= 0.3 is 0 Å². The van der Waals surface area contributed by atoms with Crippen molar-refractivity contribution >= 4 is 22.6 Å². The van der Waals surface area contributed by atoms with Crippen LogP contribution in [0.15, 0.2) is 18.2 Å². The summed E-state index contributed by atoms with van der Waals surface area (Å²) in [6.45, 7) is 2.69. The molecule has 3 atom stereocenters. The Balaban J connectivity index is 1.49. The lowest BCUT2D eigenvalue weighted by atomic mass is 9.81. The molecule has 1 aromatic carbocycles. The van der Waals surface area contributed by atoms with E-state index in [4.69, 9.17) is 5.73 Å². The maximum absolute atomic E-state index is 10.6. The average molecular weight is 334 g/mol. The molecule has 3 aliphatic rings. The van der Waals surface area contributed by atoms with Gasteiger partial charge in [-0.25, -0.2) is 4.72 Å². The molecule has 1 aromatic rings. The molecule has 3 fully saturated rings. The molecule has 1 spiro atoms. The summed E-state index contributed by atoms with van der Waals surface area (Å²) >= 11 is -2.19. The fourth-order valence-electron chi connectivity index (χ4n) is 4.92. The highest BCUT2D eigenvalue weighted by Crippen LogP contribution is 2.66.